The van der Waals surface area contributed by atoms with Gasteiger partial charge in [0.25, 0.3) is 0 Å². The smallest absolute Gasteiger partial charge is 0.391 e. The van der Waals surface area contributed by atoms with Gasteiger partial charge in [0.05, 0.1) is 34.5 Å². The third-order valence-corrected chi connectivity index (χ3v) is 9.64. The van der Waals surface area contributed by atoms with Crippen LogP contribution in [0.3, 0.4) is 0 Å². The maximum absolute atomic E-state index is 13.8. The minimum absolute atomic E-state index is 0.0339. The van der Waals surface area contributed by atoms with Gasteiger partial charge in [-0.1, -0.05) is 0 Å². The zero-order valence-corrected chi connectivity index (χ0v) is 21.2. The highest BCUT2D eigenvalue weighted by molar-refractivity contribution is 6.21. The number of hydrogen-bond donors (Lipinski definition) is 3. The van der Waals surface area contributed by atoms with Crippen LogP contribution in [-0.2, 0) is 14.3 Å². The van der Waals surface area contributed by atoms with E-state index in [0.717, 1.165) is 0 Å². The molecule has 0 aromatic rings. The lowest BCUT2D eigenvalue weighted by Crippen LogP contribution is -2.67. The van der Waals surface area contributed by atoms with Gasteiger partial charge in [-0.2, -0.15) is 13.2 Å². The lowest BCUT2D eigenvalue weighted by Gasteiger charge is -2.55. The van der Waals surface area contributed by atoms with Gasteiger partial charge in [0.15, 0.2) is 0 Å². The molecule has 5 fully saturated rings. The highest BCUT2D eigenvalue weighted by Crippen LogP contribution is 2.52. The number of amides is 2. The van der Waals surface area contributed by atoms with Gasteiger partial charge >= 0.3 is 6.18 Å². The van der Waals surface area contributed by atoms with Gasteiger partial charge in [0, 0.05) is 13.0 Å². The maximum atomic E-state index is 13.8. The van der Waals surface area contributed by atoms with E-state index in [4.69, 9.17) is 16.3 Å². The average molecular weight is 541 g/mol. The van der Waals surface area contributed by atoms with E-state index in [2.05, 4.69) is 10.6 Å². The van der Waals surface area contributed by atoms with Crippen molar-refractivity contribution in [2.75, 3.05) is 13.2 Å². The van der Waals surface area contributed by atoms with E-state index in [1.807, 2.05) is 0 Å². The number of rotatable bonds is 7. The van der Waals surface area contributed by atoms with Crippen LogP contribution in [0.1, 0.15) is 77.0 Å². The Balaban J connectivity index is 1.22. The number of halogens is 5. The van der Waals surface area contributed by atoms with Gasteiger partial charge in [-0.05, 0) is 76.5 Å². The van der Waals surface area contributed by atoms with Crippen LogP contribution in [0.5, 0.6) is 0 Å². The molecule has 0 spiro atoms. The lowest BCUT2D eigenvalue weighted by atomic mass is 9.55. The van der Waals surface area contributed by atoms with Crippen LogP contribution >= 0.6 is 11.6 Å². The van der Waals surface area contributed by atoms with Crippen molar-refractivity contribution in [2.24, 2.45) is 17.3 Å². The van der Waals surface area contributed by atoms with Gasteiger partial charge in [-0.15, -0.1) is 11.6 Å². The Morgan fingerprint density at radius 2 is 1.69 bits per heavy atom. The van der Waals surface area contributed by atoms with Crippen molar-refractivity contribution in [2.45, 2.75) is 113 Å². The van der Waals surface area contributed by atoms with E-state index in [1.54, 1.807) is 0 Å². The van der Waals surface area contributed by atoms with Crippen molar-refractivity contribution < 1.29 is 37.0 Å². The molecule has 4 atom stereocenters. The molecule has 11 heteroatoms. The number of nitrogens with one attached hydrogen (secondary N) is 2. The Bertz CT molecular complexity index is 797. The SMILES string of the molecule is O=C(COC1CCC(Cl)C(F)C1)NC12CCC(C(=O)NCC3CCC(C(F)(F)F)CC3)(CC1)C[C@H]2O. The molecule has 5 aliphatic carbocycles. The van der Waals surface area contributed by atoms with Gasteiger partial charge < -0.3 is 20.5 Å². The van der Waals surface area contributed by atoms with Crippen LogP contribution in [0.25, 0.3) is 0 Å². The van der Waals surface area contributed by atoms with Crippen LogP contribution in [-0.4, -0.2) is 65.5 Å². The predicted octanol–water partition coefficient (Wildman–Crippen LogP) is 4.17. The molecule has 3 N–H and O–H groups in total. The molecule has 0 heterocycles. The number of hydrogen-bond acceptors (Lipinski definition) is 4. The van der Waals surface area contributed by atoms with E-state index < -0.39 is 40.7 Å². The molecule has 3 unspecified atom stereocenters. The predicted molar refractivity (Wildman–Crippen MR) is 125 cm³/mol. The fourth-order valence-electron chi connectivity index (χ4n) is 6.63. The molecule has 6 nitrogen and oxygen atoms in total. The second-order valence-electron chi connectivity index (χ2n) is 11.5. The first-order valence-electron chi connectivity index (χ1n) is 13.2. The van der Waals surface area contributed by atoms with E-state index in [9.17, 15) is 32.3 Å². The van der Waals surface area contributed by atoms with E-state index >= 15 is 0 Å². The molecular formula is C25H37ClF4N2O4. The van der Waals surface area contributed by atoms with Crippen LogP contribution in [0.4, 0.5) is 17.6 Å². The number of fused-ring (bicyclic) bond motifs is 3. The Morgan fingerprint density at radius 1 is 1.03 bits per heavy atom. The fraction of sp³-hybridized carbons (Fsp3) is 0.920. The second-order valence-corrected chi connectivity index (χ2v) is 12.0. The summed E-state index contributed by atoms with van der Waals surface area (Å²) in [7, 11) is 0. The maximum Gasteiger partial charge on any atom is 0.391 e. The molecular weight excluding hydrogens is 504 g/mol. The number of alkyl halides is 5. The Labute approximate surface area is 214 Å². The average Bonchev–Trinajstić information content (AvgIpc) is 2.84. The van der Waals surface area contributed by atoms with E-state index in [-0.39, 0.29) is 56.1 Å². The van der Waals surface area contributed by atoms with Crippen LogP contribution in [0, 0.1) is 17.3 Å². The van der Waals surface area contributed by atoms with Crippen molar-refractivity contribution in [3.63, 3.8) is 0 Å². The third kappa shape index (κ3) is 6.12. The van der Waals surface area contributed by atoms with Crippen molar-refractivity contribution in [3.8, 4) is 0 Å². The van der Waals surface area contributed by atoms with Crippen molar-refractivity contribution >= 4 is 23.4 Å². The minimum Gasteiger partial charge on any atom is -0.391 e. The number of aliphatic hydroxyl groups excluding tert-OH is 1. The van der Waals surface area contributed by atoms with E-state index in [1.165, 1.54) is 0 Å². The second kappa shape index (κ2) is 10.9. The standard InChI is InChI=1S/C25H37ClF4N2O4/c26-18-6-5-17(11-19(18)27)36-14-21(34)32-24-9-7-23(8-10-24,12-20(24)33)22(35)31-13-15-1-3-16(4-2-15)25(28,29)30/h15-20,33H,1-14H2,(H,31,35)(H,32,34)/t15?,16?,17?,18?,19?,20-,23?,24?/m1/s1. The summed E-state index contributed by atoms with van der Waals surface area (Å²) in [6.07, 6.45) is -2.06. The number of aliphatic hydroxyl groups is 1. The van der Waals surface area contributed by atoms with Crippen molar-refractivity contribution in [3.05, 3.63) is 0 Å². The van der Waals surface area contributed by atoms with Gasteiger partial charge in [0.2, 0.25) is 11.8 Å². The molecule has 5 saturated carbocycles. The quantitative estimate of drug-likeness (QED) is 0.334. The van der Waals surface area contributed by atoms with Crippen LogP contribution in [0.15, 0.2) is 0 Å². The van der Waals surface area contributed by atoms with E-state index in [0.29, 0.717) is 57.9 Å². The minimum atomic E-state index is -4.15. The molecule has 0 aromatic heterocycles. The Hall–Kier alpha value is -1.13. The van der Waals surface area contributed by atoms with Crippen molar-refractivity contribution in [1.82, 2.24) is 10.6 Å². The summed E-state index contributed by atoms with van der Waals surface area (Å²) < 4.78 is 58.0. The first-order chi connectivity index (χ1) is 16.9. The summed E-state index contributed by atoms with van der Waals surface area (Å²) >= 11 is 5.89. The molecule has 0 aliphatic heterocycles. The van der Waals surface area contributed by atoms with Gasteiger partial charge in [0.1, 0.15) is 12.8 Å². The molecule has 0 radical (unpaired) electrons. The summed E-state index contributed by atoms with van der Waals surface area (Å²) in [5.41, 5.74) is -1.53. The molecule has 2 bridgehead atoms. The molecule has 2 amide bonds. The number of carbonyl (C=O) groups is 2. The molecule has 5 aliphatic rings. The fourth-order valence-corrected chi connectivity index (χ4v) is 6.85. The Morgan fingerprint density at radius 3 is 2.28 bits per heavy atom. The lowest BCUT2D eigenvalue weighted by molar-refractivity contribution is -0.184. The first kappa shape index (κ1) is 27.9. The third-order valence-electron chi connectivity index (χ3n) is 9.15. The molecule has 5 rings (SSSR count). The summed E-state index contributed by atoms with van der Waals surface area (Å²) in [6, 6.07) is 0. The Kier molecular flexibility index (Phi) is 8.47. The molecule has 0 aromatic carbocycles. The van der Waals surface area contributed by atoms with Crippen LogP contribution < -0.4 is 10.6 Å². The summed E-state index contributed by atoms with van der Waals surface area (Å²) in [6.45, 7) is 0.132. The number of ether oxygens (including phenoxy) is 1. The zero-order chi connectivity index (χ0) is 26.1. The monoisotopic (exact) mass is 540 g/mol. The molecule has 36 heavy (non-hydrogen) atoms. The zero-order valence-electron chi connectivity index (χ0n) is 20.4. The van der Waals surface area contributed by atoms with Gasteiger partial charge in [-0.25, -0.2) is 4.39 Å². The van der Waals surface area contributed by atoms with Gasteiger partial charge in [-0.3, -0.25) is 9.59 Å². The van der Waals surface area contributed by atoms with Crippen LogP contribution in [0.2, 0.25) is 0 Å². The highest BCUT2D eigenvalue weighted by Gasteiger charge is 2.57. The summed E-state index contributed by atoms with van der Waals surface area (Å²) in [5, 5.41) is 16.3. The summed E-state index contributed by atoms with van der Waals surface area (Å²) in [4.78, 5) is 25.7. The molecule has 206 valence electrons. The molecule has 0 saturated heterocycles. The highest BCUT2D eigenvalue weighted by atomic mass is 35.5. The number of carbonyl (C=O) groups excluding carboxylic acids is 2. The normalized spacial score (nSPS) is 41.1. The van der Waals surface area contributed by atoms with Crippen molar-refractivity contribution in [1.29, 1.82) is 0 Å². The first-order valence-corrected chi connectivity index (χ1v) is 13.6. The summed E-state index contributed by atoms with van der Waals surface area (Å²) in [5.74, 6) is -1.74. The largest absolute Gasteiger partial charge is 0.391 e. The topological polar surface area (TPSA) is 87.7 Å².